The van der Waals surface area contributed by atoms with E-state index in [9.17, 15) is 8.78 Å². The Morgan fingerprint density at radius 3 is 2.43 bits per heavy atom. The Labute approximate surface area is 82.9 Å². The zero-order valence-corrected chi connectivity index (χ0v) is 8.48. The molecule has 78 valence electrons. The average Bonchev–Trinajstić information content (AvgIpc) is 2.15. The van der Waals surface area contributed by atoms with E-state index in [1.54, 1.807) is 0 Å². The van der Waals surface area contributed by atoms with Gasteiger partial charge < -0.3 is 5.73 Å². The summed E-state index contributed by atoms with van der Waals surface area (Å²) in [6.07, 6.45) is 1.24. The monoisotopic (exact) mass is 199 g/mol. The predicted molar refractivity (Wildman–Crippen MR) is 53.0 cm³/mol. The van der Waals surface area contributed by atoms with Crippen molar-refractivity contribution >= 4 is 0 Å². The highest BCUT2D eigenvalue weighted by Gasteiger charge is 2.15. The van der Waals surface area contributed by atoms with Crippen LogP contribution in [0, 0.1) is 11.6 Å². The molecule has 0 aliphatic rings. The summed E-state index contributed by atoms with van der Waals surface area (Å²) in [4.78, 5) is 0. The second-order valence-electron chi connectivity index (χ2n) is 3.33. The summed E-state index contributed by atoms with van der Waals surface area (Å²) in [6.45, 7) is 3.74. The number of nitrogens with two attached hydrogens (primary N) is 1. The van der Waals surface area contributed by atoms with Gasteiger partial charge in [-0.3, -0.25) is 0 Å². The topological polar surface area (TPSA) is 26.0 Å². The van der Waals surface area contributed by atoms with E-state index >= 15 is 0 Å². The Balaban J connectivity index is 3.24. The molecule has 2 N–H and O–H groups in total. The number of rotatable bonds is 3. The van der Waals surface area contributed by atoms with Crippen LogP contribution in [0.4, 0.5) is 8.78 Å². The van der Waals surface area contributed by atoms with E-state index in [2.05, 4.69) is 0 Å². The fraction of sp³-hybridized carbons (Fsp3) is 0.455. The molecule has 0 spiro atoms. The summed E-state index contributed by atoms with van der Waals surface area (Å²) in [5.74, 6) is -1.07. The summed E-state index contributed by atoms with van der Waals surface area (Å²) in [6, 6.07) is 1.91. The number of aryl methyl sites for hydroxylation is 1. The molecular formula is C11H15F2N. The van der Waals surface area contributed by atoms with Crippen LogP contribution in [0.1, 0.15) is 37.4 Å². The van der Waals surface area contributed by atoms with Crippen molar-refractivity contribution in [2.24, 2.45) is 5.73 Å². The summed E-state index contributed by atoms with van der Waals surface area (Å²) in [5.41, 5.74) is 6.88. The van der Waals surface area contributed by atoms with Gasteiger partial charge in [-0.1, -0.05) is 13.8 Å². The van der Waals surface area contributed by atoms with Crippen LogP contribution in [-0.4, -0.2) is 0 Å². The molecule has 0 heterocycles. The molecule has 3 heteroatoms. The van der Waals surface area contributed by atoms with Crippen LogP contribution in [-0.2, 0) is 6.42 Å². The molecule has 1 nitrogen and oxygen atoms in total. The van der Waals surface area contributed by atoms with Gasteiger partial charge in [0, 0.05) is 17.7 Å². The van der Waals surface area contributed by atoms with Crippen LogP contribution >= 0.6 is 0 Å². The van der Waals surface area contributed by atoms with Gasteiger partial charge in [-0.25, -0.2) is 8.78 Å². The van der Waals surface area contributed by atoms with Gasteiger partial charge >= 0.3 is 0 Å². The van der Waals surface area contributed by atoms with E-state index in [1.165, 1.54) is 6.07 Å². The van der Waals surface area contributed by atoms with Gasteiger partial charge in [-0.05, 0) is 24.5 Å². The maximum Gasteiger partial charge on any atom is 0.131 e. The van der Waals surface area contributed by atoms with Crippen LogP contribution in [0.15, 0.2) is 12.1 Å². The Hall–Kier alpha value is -0.960. The third kappa shape index (κ3) is 2.10. The molecule has 0 saturated carbocycles. The van der Waals surface area contributed by atoms with Gasteiger partial charge in [0.15, 0.2) is 0 Å². The third-order valence-corrected chi connectivity index (χ3v) is 2.37. The quantitative estimate of drug-likeness (QED) is 0.795. The van der Waals surface area contributed by atoms with Gasteiger partial charge in [0.05, 0.1) is 0 Å². The molecule has 0 saturated heterocycles. The lowest BCUT2D eigenvalue weighted by Gasteiger charge is -2.15. The maximum atomic E-state index is 13.4. The first kappa shape index (κ1) is 11.1. The second kappa shape index (κ2) is 4.51. The van der Waals surface area contributed by atoms with E-state index in [0.29, 0.717) is 24.0 Å². The van der Waals surface area contributed by atoms with E-state index < -0.39 is 11.6 Å². The lowest BCUT2D eigenvalue weighted by Crippen LogP contribution is -2.14. The fourth-order valence-corrected chi connectivity index (χ4v) is 1.55. The highest BCUT2D eigenvalue weighted by molar-refractivity contribution is 5.32. The molecule has 0 aliphatic heterocycles. The van der Waals surface area contributed by atoms with Crippen LogP contribution in [0.5, 0.6) is 0 Å². The predicted octanol–water partition coefficient (Wildman–Crippen LogP) is 2.94. The van der Waals surface area contributed by atoms with Crippen LogP contribution in [0.2, 0.25) is 0 Å². The molecule has 1 aromatic rings. The van der Waals surface area contributed by atoms with Crippen LogP contribution in [0.3, 0.4) is 0 Å². The highest BCUT2D eigenvalue weighted by Crippen LogP contribution is 2.23. The SMILES string of the molecule is CCc1cc(F)cc(F)c1[C@@H](N)CC. The largest absolute Gasteiger partial charge is 0.324 e. The summed E-state index contributed by atoms with van der Waals surface area (Å²) < 4.78 is 26.3. The molecule has 1 rings (SSSR count). The highest BCUT2D eigenvalue weighted by atomic mass is 19.1. The first-order valence-corrected chi connectivity index (χ1v) is 4.83. The van der Waals surface area contributed by atoms with Crippen molar-refractivity contribution in [2.75, 3.05) is 0 Å². The van der Waals surface area contributed by atoms with Gasteiger partial charge in [0.25, 0.3) is 0 Å². The normalized spacial score (nSPS) is 12.9. The first-order chi connectivity index (χ1) is 6.60. The van der Waals surface area contributed by atoms with E-state index in [1.807, 2.05) is 13.8 Å². The van der Waals surface area contributed by atoms with Gasteiger partial charge in [0.2, 0.25) is 0 Å². The lowest BCUT2D eigenvalue weighted by molar-refractivity contribution is 0.545. The minimum absolute atomic E-state index is 0.342. The average molecular weight is 199 g/mol. The Bertz CT molecular complexity index is 323. The Kier molecular flexibility index (Phi) is 3.58. The Morgan fingerprint density at radius 2 is 1.93 bits per heavy atom. The molecule has 14 heavy (non-hydrogen) atoms. The minimum atomic E-state index is -0.536. The van der Waals surface area contributed by atoms with Crippen molar-refractivity contribution in [2.45, 2.75) is 32.7 Å². The second-order valence-corrected chi connectivity index (χ2v) is 3.33. The van der Waals surface area contributed by atoms with E-state index in [-0.39, 0.29) is 6.04 Å². The molecule has 1 aromatic carbocycles. The molecule has 1 atom stereocenters. The zero-order chi connectivity index (χ0) is 10.7. The number of hydrogen-bond donors (Lipinski definition) is 1. The van der Waals surface area contributed by atoms with Crippen molar-refractivity contribution < 1.29 is 8.78 Å². The molecule has 0 bridgehead atoms. The van der Waals surface area contributed by atoms with Gasteiger partial charge in [-0.15, -0.1) is 0 Å². The van der Waals surface area contributed by atoms with Crippen molar-refractivity contribution in [3.63, 3.8) is 0 Å². The van der Waals surface area contributed by atoms with Crippen LogP contribution < -0.4 is 5.73 Å². The molecule has 0 aliphatic carbocycles. The van der Waals surface area contributed by atoms with Crippen molar-refractivity contribution in [3.8, 4) is 0 Å². The molecular weight excluding hydrogens is 184 g/mol. The van der Waals surface area contributed by atoms with Crippen molar-refractivity contribution in [1.82, 2.24) is 0 Å². The maximum absolute atomic E-state index is 13.4. The summed E-state index contributed by atoms with van der Waals surface area (Å²) in [5, 5.41) is 0. The summed E-state index contributed by atoms with van der Waals surface area (Å²) in [7, 11) is 0. The smallest absolute Gasteiger partial charge is 0.131 e. The van der Waals surface area contributed by atoms with Crippen molar-refractivity contribution in [3.05, 3.63) is 34.9 Å². The zero-order valence-electron chi connectivity index (χ0n) is 8.48. The standard InChI is InChI=1S/C11H15F2N/c1-3-7-5-8(12)6-9(13)11(7)10(14)4-2/h5-6,10H,3-4,14H2,1-2H3/t10-/m0/s1. The van der Waals surface area contributed by atoms with Gasteiger partial charge in [0.1, 0.15) is 11.6 Å². The fourth-order valence-electron chi connectivity index (χ4n) is 1.55. The third-order valence-electron chi connectivity index (χ3n) is 2.37. The molecule has 0 unspecified atom stereocenters. The van der Waals surface area contributed by atoms with Gasteiger partial charge in [-0.2, -0.15) is 0 Å². The van der Waals surface area contributed by atoms with Crippen molar-refractivity contribution in [1.29, 1.82) is 0 Å². The number of halogens is 2. The molecule has 0 radical (unpaired) electrons. The number of benzene rings is 1. The molecule has 0 amide bonds. The first-order valence-electron chi connectivity index (χ1n) is 4.83. The Morgan fingerprint density at radius 1 is 1.29 bits per heavy atom. The number of hydrogen-bond acceptors (Lipinski definition) is 1. The lowest BCUT2D eigenvalue weighted by atomic mass is 9.97. The minimum Gasteiger partial charge on any atom is -0.324 e. The molecule has 0 aromatic heterocycles. The van der Waals surface area contributed by atoms with Crippen LogP contribution in [0.25, 0.3) is 0 Å². The molecule has 0 fully saturated rings. The van der Waals surface area contributed by atoms with E-state index in [4.69, 9.17) is 5.73 Å². The summed E-state index contributed by atoms with van der Waals surface area (Å²) >= 11 is 0. The van der Waals surface area contributed by atoms with E-state index in [0.717, 1.165) is 6.07 Å².